The molecule has 5 aromatic rings. The van der Waals surface area contributed by atoms with Crippen LogP contribution in [0.15, 0.2) is 67.1 Å². The van der Waals surface area contributed by atoms with Crippen molar-refractivity contribution < 1.29 is 9.47 Å². The van der Waals surface area contributed by atoms with E-state index in [2.05, 4.69) is 37.9 Å². The van der Waals surface area contributed by atoms with Crippen molar-refractivity contribution in [1.82, 2.24) is 29.7 Å². The van der Waals surface area contributed by atoms with E-state index < -0.39 is 0 Å². The summed E-state index contributed by atoms with van der Waals surface area (Å²) < 4.78 is 13.9. The zero-order valence-corrected chi connectivity index (χ0v) is 21.8. The van der Waals surface area contributed by atoms with Gasteiger partial charge in [0.2, 0.25) is 5.88 Å². The van der Waals surface area contributed by atoms with Gasteiger partial charge in [-0.1, -0.05) is 18.2 Å². The van der Waals surface area contributed by atoms with E-state index >= 15 is 0 Å². The van der Waals surface area contributed by atoms with Crippen molar-refractivity contribution in [2.75, 3.05) is 44.3 Å². The molecule has 0 bridgehead atoms. The van der Waals surface area contributed by atoms with Gasteiger partial charge in [-0.25, -0.2) is 15.0 Å². The predicted octanol–water partition coefficient (Wildman–Crippen LogP) is 4.22. The fourth-order valence-corrected chi connectivity index (χ4v) is 5.48. The molecule has 2 aliphatic heterocycles. The first kappa shape index (κ1) is 24.0. The summed E-state index contributed by atoms with van der Waals surface area (Å²) in [6, 6.07) is 16.2. The summed E-state index contributed by atoms with van der Waals surface area (Å²) in [5.74, 6) is 1.91. The van der Waals surface area contributed by atoms with Gasteiger partial charge in [0.15, 0.2) is 5.65 Å². The summed E-state index contributed by atoms with van der Waals surface area (Å²) >= 11 is 0. The van der Waals surface area contributed by atoms with Crippen LogP contribution < -0.4 is 15.0 Å². The number of piperazine rings is 1. The normalized spacial score (nSPS) is 16.7. The minimum atomic E-state index is 0.319. The fourth-order valence-electron chi connectivity index (χ4n) is 5.48. The van der Waals surface area contributed by atoms with Crippen molar-refractivity contribution in [3.63, 3.8) is 0 Å². The van der Waals surface area contributed by atoms with Crippen molar-refractivity contribution in [1.29, 1.82) is 0 Å². The molecule has 0 amide bonds. The molecule has 198 valence electrons. The Hall–Kier alpha value is -4.08. The minimum absolute atomic E-state index is 0.319. The predicted molar refractivity (Wildman–Crippen MR) is 150 cm³/mol. The summed E-state index contributed by atoms with van der Waals surface area (Å²) in [6.45, 7) is 5.72. The lowest BCUT2D eigenvalue weighted by Gasteiger charge is -2.28. The Balaban J connectivity index is 1.21. The minimum Gasteiger partial charge on any atom is -0.471 e. The quantitative estimate of drug-likeness (QED) is 0.355. The monoisotopic (exact) mass is 521 g/mol. The Morgan fingerprint density at radius 3 is 2.64 bits per heavy atom. The van der Waals surface area contributed by atoms with Crippen LogP contribution in [-0.4, -0.2) is 63.7 Å². The zero-order valence-electron chi connectivity index (χ0n) is 21.8. The van der Waals surface area contributed by atoms with Gasteiger partial charge in [-0.15, -0.1) is 0 Å². The smallest absolute Gasteiger partial charge is 0.214 e. The molecule has 9 heteroatoms. The number of nitrogens with one attached hydrogen (secondary N) is 1. The number of ether oxygens (including phenoxy) is 2. The van der Waals surface area contributed by atoms with Gasteiger partial charge in [0.05, 0.1) is 28.8 Å². The van der Waals surface area contributed by atoms with Crippen LogP contribution in [0, 0.1) is 0 Å². The molecule has 0 atom stereocenters. The van der Waals surface area contributed by atoms with E-state index in [0.717, 1.165) is 97.2 Å². The van der Waals surface area contributed by atoms with E-state index in [1.54, 1.807) is 0 Å². The number of para-hydroxylation sites is 1. The molecule has 0 aliphatic carbocycles. The molecule has 4 aromatic heterocycles. The largest absolute Gasteiger partial charge is 0.471 e. The lowest BCUT2D eigenvalue weighted by atomic mass is 9.96. The Bertz CT molecular complexity index is 1590. The maximum absolute atomic E-state index is 6.09. The third-order valence-electron chi connectivity index (χ3n) is 7.60. The van der Waals surface area contributed by atoms with Crippen molar-refractivity contribution in [2.45, 2.75) is 25.4 Å². The molecule has 7 rings (SSSR count). The Morgan fingerprint density at radius 1 is 0.923 bits per heavy atom. The average Bonchev–Trinajstić information content (AvgIpc) is 3.45. The molecule has 6 heterocycles. The molecule has 9 nitrogen and oxygen atoms in total. The maximum Gasteiger partial charge on any atom is 0.214 e. The van der Waals surface area contributed by atoms with Gasteiger partial charge >= 0.3 is 0 Å². The highest BCUT2D eigenvalue weighted by Gasteiger charge is 2.23. The molecular weight excluding hydrogens is 490 g/mol. The standard InChI is InChI=1S/C30H31N7O2/c1-2-4-25-21(3-1)6-8-28(35-25)39-20-24-19-37-26(18-33-29(30(37)34-24)22-9-15-38-16-10-22)23-5-7-27(32-17-23)36-13-11-31-12-14-36/h1-8,17-19,22,31H,9-16,20H2. The second kappa shape index (κ2) is 10.6. The molecular formula is C30H31N7O2. The number of benzene rings is 1. The number of pyridine rings is 2. The van der Waals surface area contributed by atoms with E-state index in [4.69, 9.17) is 24.4 Å². The number of anilines is 1. The first-order chi connectivity index (χ1) is 19.3. The van der Waals surface area contributed by atoms with Crippen molar-refractivity contribution >= 4 is 22.4 Å². The summed E-state index contributed by atoms with van der Waals surface area (Å²) in [5.41, 5.74) is 5.60. The van der Waals surface area contributed by atoms with Gasteiger partial charge in [0.25, 0.3) is 0 Å². The second-order valence-electron chi connectivity index (χ2n) is 10.1. The molecule has 0 radical (unpaired) electrons. The lowest BCUT2D eigenvalue weighted by molar-refractivity contribution is 0.0847. The molecule has 2 fully saturated rings. The van der Waals surface area contributed by atoms with Crippen molar-refractivity contribution in [2.24, 2.45) is 0 Å². The molecule has 0 spiro atoms. The van der Waals surface area contributed by atoms with Crippen LogP contribution in [-0.2, 0) is 11.3 Å². The third kappa shape index (κ3) is 4.91. The van der Waals surface area contributed by atoms with Gasteiger partial charge in [-0.3, -0.25) is 9.38 Å². The Labute approximate surface area is 226 Å². The number of aromatic nitrogens is 5. The Kier molecular flexibility index (Phi) is 6.51. The van der Waals surface area contributed by atoms with Gasteiger partial charge in [0.1, 0.15) is 12.4 Å². The highest BCUT2D eigenvalue weighted by molar-refractivity contribution is 5.78. The Morgan fingerprint density at radius 2 is 1.79 bits per heavy atom. The maximum atomic E-state index is 6.09. The highest BCUT2D eigenvalue weighted by atomic mass is 16.5. The van der Waals surface area contributed by atoms with E-state index in [1.807, 2.05) is 48.8 Å². The molecule has 1 N–H and O–H groups in total. The number of rotatable bonds is 6. The van der Waals surface area contributed by atoms with E-state index in [1.165, 1.54) is 0 Å². The molecule has 2 aliphatic rings. The van der Waals surface area contributed by atoms with Crippen LogP contribution in [0.3, 0.4) is 0 Å². The number of imidazole rings is 1. The first-order valence-corrected chi connectivity index (χ1v) is 13.7. The zero-order chi connectivity index (χ0) is 26.0. The molecule has 0 unspecified atom stereocenters. The van der Waals surface area contributed by atoms with Crippen LogP contribution in [0.1, 0.15) is 30.1 Å². The van der Waals surface area contributed by atoms with Crippen LogP contribution in [0.4, 0.5) is 5.82 Å². The first-order valence-electron chi connectivity index (χ1n) is 13.7. The van der Waals surface area contributed by atoms with Gasteiger partial charge in [0, 0.05) is 74.7 Å². The summed E-state index contributed by atoms with van der Waals surface area (Å²) in [5, 5.41) is 4.48. The number of hydrogen-bond donors (Lipinski definition) is 1. The van der Waals surface area contributed by atoms with E-state index in [0.29, 0.717) is 18.4 Å². The van der Waals surface area contributed by atoms with Crippen LogP contribution in [0.2, 0.25) is 0 Å². The van der Waals surface area contributed by atoms with Gasteiger partial charge in [-0.05, 0) is 37.1 Å². The van der Waals surface area contributed by atoms with Gasteiger partial charge in [-0.2, -0.15) is 0 Å². The van der Waals surface area contributed by atoms with Crippen LogP contribution in [0.25, 0.3) is 27.8 Å². The summed E-state index contributed by atoms with van der Waals surface area (Å²) in [7, 11) is 0. The molecule has 39 heavy (non-hydrogen) atoms. The summed E-state index contributed by atoms with van der Waals surface area (Å²) in [4.78, 5) is 21.7. The fraction of sp³-hybridized carbons (Fsp3) is 0.333. The molecule has 1 aromatic carbocycles. The SMILES string of the molecule is c1ccc2nc(OCc3cn4c(-c5ccc(N6CCNCC6)nc5)cnc(C5CCOCC5)c4n3)ccc2c1. The van der Waals surface area contributed by atoms with Crippen LogP contribution >= 0.6 is 0 Å². The summed E-state index contributed by atoms with van der Waals surface area (Å²) in [6.07, 6.45) is 7.85. The number of hydrogen-bond acceptors (Lipinski definition) is 8. The number of fused-ring (bicyclic) bond motifs is 2. The van der Waals surface area contributed by atoms with E-state index in [-0.39, 0.29) is 0 Å². The number of nitrogens with zero attached hydrogens (tertiary/aromatic N) is 6. The second-order valence-corrected chi connectivity index (χ2v) is 10.1. The third-order valence-corrected chi connectivity index (χ3v) is 7.60. The molecule has 0 saturated carbocycles. The highest BCUT2D eigenvalue weighted by Crippen LogP contribution is 2.31. The van der Waals surface area contributed by atoms with Gasteiger partial charge < -0.3 is 19.7 Å². The topological polar surface area (TPSA) is 89.7 Å². The average molecular weight is 522 g/mol. The van der Waals surface area contributed by atoms with E-state index in [9.17, 15) is 0 Å². The lowest BCUT2D eigenvalue weighted by Crippen LogP contribution is -2.43. The molecule has 2 saturated heterocycles. The van der Waals surface area contributed by atoms with Crippen LogP contribution in [0.5, 0.6) is 5.88 Å². The van der Waals surface area contributed by atoms with Crippen molar-refractivity contribution in [3.8, 4) is 17.1 Å². The van der Waals surface area contributed by atoms with Crippen molar-refractivity contribution in [3.05, 3.63) is 78.5 Å².